The summed E-state index contributed by atoms with van der Waals surface area (Å²) in [6, 6.07) is 31.0. The van der Waals surface area contributed by atoms with E-state index in [1.807, 2.05) is 54.6 Å². The summed E-state index contributed by atoms with van der Waals surface area (Å²) >= 11 is 3.08. The molecule has 5 nitrogen and oxygen atoms in total. The Morgan fingerprint density at radius 1 is 0.794 bits per heavy atom. The van der Waals surface area contributed by atoms with Crippen molar-refractivity contribution in [2.24, 2.45) is 0 Å². The van der Waals surface area contributed by atoms with Gasteiger partial charge in [0.25, 0.3) is 5.91 Å². The zero-order chi connectivity index (χ0) is 23.8. The maximum Gasteiger partial charge on any atom is 0.272 e. The largest absolute Gasteiger partial charge is 0.355 e. The van der Waals surface area contributed by atoms with Crippen LogP contribution in [0.4, 0.5) is 0 Å². The summed E-state index contributed by atoms with van der Waals surface area (Å²) in [5.74, 6) is -0.380. The molecule has 0 aliphatic carbocycles. The predicted octanol–water partition coefficient (Wildman–Crippen LogP) is 5.09. The van der Waals surface area contributed by atoms with Gasteiger partial charge in [-0.3, -0.25) is 9.59 Å². The highest BCUT2D eigenvalue weighted by Crippen LogP contribution is 2.53. The fourth-order valence-corrected chi connectivity index (χ4v) is 6.28. The Morgan fingerprint density at radius 3 is 1.74 bits per heavy atom. The first kappa shape index (κ1) is 23.7. The highest BCUT2D eigenvalue weighted by molar-refractivity contribution is 8.02. The van der Waals surface area contributed by atoms with Crippen molar-refractivity contribution in [2.75, 3.05) is 13.1 Å². The Morgan fingerprint density at radius 2 is 1.26 bits per heavy atom. The summed E-state index contributed by atoms with van der Waals surface area (Å²) in [4.78, 5) is 28.5. The Hall–Kier alpha value is -3.42. The van der Waals surface area contributed by atoms with Gasteiger partial charge in [-0.2, -0.15) is 0 Å². The highest BCUT2D eigenvalue weighted by atomic mass is 32.2. The van der Waals surface area contributed by atoms with Gasteiger partial charge >= 0.3 is 0 Å². The van der Waals surface area contributed by atoms with Gasteiger partial charge in [-0.05, 0) is 16.7 Å². The van der Waals surface area contributed by atoms with Gasteiger partial charge in [-0.1, -0.05) is 103 Å². The third-order valence-electron chi connectivity index (χ3n) is 5.32. The zero-order valence-corrected chi connectivity index (χ0v) is 20.4. The van der Waals surface area contributed by atoms with Gasteiger partial charge in [0.2, 0.25) is 5.91 Å². The van der Waals surface area contributed by atoms with E-state index in [1.54, 1.807) is 17.3 Å². The standard InChI is InChI=1S/C27H25N3O2S2/c1-20(31)28-17-18-29-25(32)24-26(33-19-30-24)34-27(21-11-5-2-6-12-21,22-13-7-3-8-14-22)23-15-9-4-10-16-23/h2-16,19H,17-18H2,1H3,(H,28,31)(H,29,32). The Labute approximate surface area is 207 Å². The summed E-state index contributed by atoms with van der Waals surface area (Å²) < 4.78 is 0.246. The SMILES string of the molecule is CC(=O)NCCNC(=O)c1ncsc1SC(c1ccccc1)(c1ccccc1)c1ccccc1. The fraction of sp³-hybridized carbons (Fsp3) is 0.148. The number of nitrogens with one attached hydrogen (secondary N) is 2. The molecule has 34 heavy (non-hydrogen) atoms. The monoisotopic (exact) mass is 487 g/mol. The van der Waals surface area contributed by atoms with Gasteiger partial charge in [-0.15, -0.1) is 11.3 Å². The van der Waals surface area contributed by atoms with Crippen LogP contribution in [-0.4, -0.2) is 29.9 Å². The van der Waals surface area contributed by atoms with E-state index in [2.05, 4.69) is 52.0 Å². The van der Waals surface area contributed by atoms with Crippen LogP contribution in [-0.2, 0) is 9.54 Å². The van der Waals surface area contributed by atoms with Gasteiger partial charge in [0.1, 0.15) is 0 Å². The van der Waals surface area contributed by atoms with Gasteiger partial charge < -0.3 is 10.6 Å². The van der Waals surface area contributed by atoms with Crippen molar-refractivity contribution in [2.45, 2.75) is 15.9 Å². The van der Waals surface area contributed by atoms with E-state index in [0.29, 0.717) is 18.8 Å². The van der Waals surface area contributed by atoms with E-state index < -0.39 is 4.75 Å². The molecule has 4 aromatic rings. The summed E-state index contributed by atoms with van der Waals surface area (Å²) in [5, 5.41) is 5.55. The van der Waals surface area contributed by atoms with Gasteiger partial charge in [-0.25, -0.2) is 4.98 Å². The lowest BCUT2D eigenvalue weighted by molar-refractivity contribution is -0.118. The van der Waals surface area contributed by atoms with E-state index in [1.165, 1.54) is 18.3 Å². The number of amides is 2. The highest BCUT2D eigenvalue weighted by Gasteiger charge is 2.39. The minimum Gasteiger partial charge on any atom is -0.355 e. The van der Waals surface area contributed by atoms with Crippen molar-refractivity contribution in [1.29, 1.82) is 0 Å². The smallest absolute Gasteiger partial charge is 0.272 e. The maximum absolute atomic E-state index is 13.0. The molecule has 0 saturated heterocycles. The van der Waals surface area contributed by atoms with E-state index in [0.717, 1.165) is 20.9 Å². The third kappa shape index (κ3) is 5.21. The maximum atomic E-state index is 13.0. The molecule has 1 heterocycles. The molecule has 0 aliphatic rings. The Balaban J connectivity index is 1.76. The zero-order valence-electron chi connectivity index (χ0n) is 18.7. The molecule has 0 spiro atoms. The summed E-state index contributed by atoms with van der Waals surface area (Å²) in [5.41, 5.74) is 5.44. The Kier molecular flexibility index (Phi) is 7.77. The Bertz CT molecular complexity index is 1130. The average Bonchev–Trinajstić information content (AvgIpc) is 3.35. The van der Waals surface area contributed by atoms with Crippen molar-refractivity contribution in [3.63, 3.8) is 0 Å². The summed E-state index contributed by atoms with van der Waals surface area (Å²) in [6.07, 6.45) is 0. The molecule has 2 N–H and O–H groups in total. The summed E-state index contributed by atoms with van der Waals surface area (Å²) in [7, 11) is 0. The fourth-order valence-electron chi connectivity index (χ4n) is 3.79. The second-order valence-corrected chi connectivity index (χ2v) is 9.95. The van der Waals surface area contributed by atoms with Crippen LogP contribution in [0.25, 0.3) is 0 Å². The second kappa shape index (κ2) is 11.1. The summed E-state index contributed by atoms with van der Waals surface area (Å²) in [6.45, 7) is 2.16. The lowest BCUT2D eigenvalue weighted by Gasteiger charge is -2.35. The number of benzene rings is 3. The van der Waals surface area contributed by atoms with E-state index >= 15 is 0 Å². The molecule has 172 valence electrons. The van der Waals surface area contributed by atoms with Crippen molar-refractivity contribution in [1.82, 2.24) is 15.6 Å². The first-order valence-corrected chi connectivity index (χ1v) is 12.6. The number of hydrogen-bond donors (Lipinski definition) is 2. The number of thioether (sulfide) groups is 1. The predicted molar refractivity (Wildman–Crippen MR) is 138 cm³/mol. The molecule has 0 saturated carbocycles. The number of carbonyl (C=O) groups excluding carboxylic acids is 2. The van der Waals surface area contributed by atoms with Crippen LogP contribution in [0.3, 0.4) is 0 Å². The lowest BCUT2D eigenvalue weighted by Crippen LogP contribution is -2.34. The number of hydrogen-bond acceptors (Lipinski definition) is 5. The number of aromatic nitrogens is 1. The normalized spacial score (nSPS) is 11.1. The van der Waals surface area contributed by atoms with Crippen molar-refractivity contribution < 1.29 is 9.59 Å². The van der Waals surface area contributed by atoms with Crippen LogP contribution in [0.5, 0.6) is 0 Å². The number of carbonyl (C=O) groups is 2. The van der Waals surface area contributed by atoms with Crippen LogP contribution in [0.15, 0.2) is 101 Å². The van der Waals surface area contributed by atoms with Crippen LogP contribution < -0.4 is 10.6 Å². The van der Waals surface area contributed by atoms with E-state index in [4.69, 9.17) is 0 Å². The molecule has 0 aliphatic heterocycles. The van der Waals surface area contributed by atoms with Gasteiger partial charge in [0.15, 0.2) is 5.69 Å². The van der Waals surface area contributed by atoms with Crippen LogP contribution in [0, 0.1) is 0 Å². The lowest BCUT2D eigenvalue weighted by atomic mass is 9.84. The topological polar surface area (TPSA) is 71.1 Å². The van der Waals surface area contributed by atoms with Gasteiger partial charge in [0, 0.05) is 20.0 Å². The molecule has 4 rings (SSSR count). The molecule has 0 radical (unpaired) electrons. The molecular formula is C27H25N3O2S2. The average molecular weight is 488 g/mol. The second-order valence-electron chi connectivity index (χ2n) is 7.61. The minimum absolute atomic E-state index is 0.127. The van der Waals surface area contributed by atoms with E-state index in [9.17, 15) is 9.59 Å². The first-order valence-electron chi connectivity index (χ1n) is 10.9. The minimum atomic E-state index is -0.582. The van der Waals surface area contributed by atoms with Gasteiger partial charge in [0.05, 0.1) is 14.5 Å². The number of nitrogens with zero attached hydrogens (tertiary/aromatic N) is 1. The molecule has 0 bridgehead atoms. The van der Waals surface area contributed by atoms with Crippen LogP contribution >= 0.6 is 23.1 Å². The van der Waals surface area contributed by atoms with Crippen LogP contribution in [0.1, 0.15) is 34.1 Å². The molecule has 0 fully saturated rings. The third-order valence-corrected chi connectivity index (χ3v) is 7.87. The van der Waals surface area contributed by atoms with E-state index in [-0.39, 0.29) is 11.8 Å². The molecule has 7 heteroatoms. The first-order chi connectivity index (χ1) is 16.6. The molecule has 0 atom stereocenters. The molecule has 2 amide bonds. The number of thiazole rings is 1. The molecule has 0 unspecified atom stereocenters. The molecule has 1 aromatic heterocycles. The van der Waals surface area contributed by atoms with Crippen molar-refractivity contribution in [3.8, 4) is 0 Å². The molecular weight excluding hydrogens is 462 g/mol. The quantitative estimate of drug-likeness (QED) is 0.196. The van der Waals surface area contributed by atoms with Crippen molar-refractivity contribution >= 4 is 34.9 Å². The van der Waals surface area contributed by atoms with Crippen molar-refractivity contribution in [3.05, 3.63) is 119 Å². The van der Waals surface area contributed by atoms with Crippen LogP contribution in [0.2, 0.25) is 0 Å². The molecule has 3 aromatic carbocycles. The number of rotatable bonds is 9.